The molecule has 0 fully saturated rings. The predicted octanol–water partition coefficient (Wildman–Crippen LogP) is 11.0. The predicted molar refractivity (Wildman–Crippen MR) is 182 cm³/mol. The van der Waals surface area contributed by atoms with Gasteiger partial charge < -0.3 is 4.74 Å². The summed E-state index contributed by atoms with van der Waals surface area (Å²) in [4.78, 5) is 4.89. The fourth-order valence-corrected chi connectivity index (χ4v) is 7.01. The number of fused-ring (bicyclic) bond motifs is 4. The molecule has 0 atom stereocenters. The summed E-state index contributed by atoms with van der Waals surface area (Å²) in [5.74, 6) is 2.75. The first-order valence-corrected chi connectivity index (χ1v) is 15.2. The minimum absolute atomic E-state index is 0.850. The zero-order valence-corrected chi connectivity index (χ0v) is 24.3. The molecule has 1 aliphatic heterocycles. The molecule has 0 N–H and O–H groups in total. The molecule has 0 unspecified atom stereocenters. The van der Waals surface area contributed by atoms with Crippen LogP contribution in [0.2, 0.25) is 0 Å². The molecule has 0 saturated carbocycles. The van der Waals surface area contributed by atoms with Crippen molar-refractivity contribution in [2.75, 3.05) is 0 Å². The number of nitrogens with zero attached hydrogens (tertiary/aromatic N) is 2. The van der Waals surface area contributed by atoms with Crippen LogP contribution in [-0.4, -0.2) is 9.55 Å². The van der Waals surface area contributed by atoms with Crippen LogP contribution in [0.15, 0.2) is 140 Å². The van der Waals surface area contributed by atoms with Crippen molar-refractivity contribution in [2.45, 2.75) is 13.3 Å². The highest BCUT2D eigenvalue weighted by Crippen LogP contribution is 2.46. The van der Waals surface area contributed by atoms with Gasteiger partial charge >= 0.3 is 0 Å². The van der Waals surface area contributed by atoms with Gasteiger partial charge in [-0.25, -0.2) is 4.98 Å². The first-order chi connectivity index (χ1) is 21.8. The van der Waals surface area contributed by atoms with Crippen LogP contribution in [-0.2, 0) is 6.42 Å². The highest BCUT2D eigenvalue weighted by Gasteiger charge is 2.24. The summed E-state index contributed by atoms with van der Waals surface area (Å²) in [6.45, 7) is 2.15. The number of imidazole rings is 1. The maximum Gasteiger partial charge on any atom is 0.153 e. The van der Waals surface area contributed by atoms with E-state index in [0.717, 1.165) is 51.6 Å². The second-order valence-corrected chi connectivity index (χ2v) is 11.4. The van der Waals surface area contributed by atoms with E-state index >= 15 is 0 Å². The zero-order valence-electron chi connectivity index (χ0n) is 24.3. The molecule has 0 bridgehead atoms. The van der Waals surface area contributed by atoms with Crippen molar-refractivity contribution in [3.8, 4) is 50.6 Å². The molecule has 7 aromatic carbocycles. The third-order valence-electron chi connectivity index (χ3n) is 8.92. The van der Waals surface area contributed by atoms with E-state index in [9.17, 15) is 0 Å². The molecule has 0 saturated heterocycles. The molecule has 0 amide bonds. The summed E-state index contributed by atoms with van der Waals surface area (Å²) in [6, 6.07) is 49.9. The largest absolute Gasteiger partial charge is 0.453 e. The Kier molecular flexibility index (Phi) is 5.48. The van der Waals surface area contributed by atoms with Gasteiger partial charge in [0.05, 0.1) is 11.2 Å². The van der Waals surface area contributed by atoms with Crippen LogP contribution in [0.4, 0.5) is 0 Å². The molecular formula is C41H28N2O. The fourth-order valence-electron chi connectivity index (χ4n) is 7.01. The molecule has 44 heavy (non-hydrogen) atoms. The van der Waals surface area contributed by atoms with Crippen molar-refractivity contribution in [2.24, 2.45) is 0 Å². The first-order valence-electron chi connectivity index (χ1n) is 15.2. The molecule has 208 valence electrons. The minimum atomic E-state index is 0.850. The van der Waals surface area contributed by atoms with Crippen LogP contribution in [0.3, 0.4) is 0 Å². The summed E-state index contributed by atoms with van der Waals surface area (Å²) < 4.78 is 8.75. The van der Waals surface area contributed by atoms with Crippen LogP contribution in [0.5, 0.6) is 11.5 Å². The van der Waals surface area contributed by atoms with Gasteiger partial charge in [-0.05, 0) is 85.3 Å². The summed E-state index contributed by atoms with van der Waals surface area (Å²) in [5.41, 5.74) is 10.3. The van der Waals surface area contributed by atoms with Crippen molar-refractivity contribution >= 4 is 32.6 Å². The quantitative estimate of drug-likeness (QED) is 0.199. The van der Waals surface area contributed by atoms with E-state index in [2.05, 4.69) is 139 Å². The molecule has 9 rings (SSSR count). The molecule has 1 aromatic heterocycles. The third-order valence-corrected chi connectivity index (χ3v) is 8.92. The Morgan fingerprint density at radius 2 is 1.11 bits per heavy atom. The zero-order chi connectivity index (χ0) is 29.2. The highest BCUT2D eigenvalue weighted by atomic mass is 16.5. The summed E-state index contributed by atoms with van der Waals surface area (Å²) in [7, 11) is 0. The standard InChI is InChI=1S/C41H28N2O/c1-2-38-42-34-20-11-21-36-41(34)43(38)35-23-22-28(25-37(35)44-36)27-14-10-15-29(24-27)40-32-18-8-6-16-30(32)39(26-12-4-3-5-13-26)31-17-7-9-19-33(31)40/h3-25H,2H2,1H3. The van der Waals surface area contributed by atoms with Crippen molar-refractivity contribution in [3.63, 3.8) is 0 Å². The molecule has 3 heteroatoms. The number of rotatable bonds is 4. The molecular weight excluding hydrogens is 536 g/mol. The maximum absolute atomic E-state index is 6.49. The Balaban J connectivity index is 1.23. The molecule has 8 aromatic rings. The van der Waals surface area contributed by atoms with Gasteiger partial charge in [0.25, 0.3) is 0 Å². The number of para-hydroxylation sites is 1. The number of benzene rings is 7. The van der Waals surface area contributed by atoms with E-state index in [-0.39, 0.29) is 0 Å². The molecule has 0 aliphatic carbocycles. The van der Waals surface area contributed by atoms with E-state index in [1.807, 2.05) is 12.1 Å². The number of hydrogen-bond donors (Lipinski definition) is 0. The van der Waals surface area contributed by atoms with Gasteiger partial charge in [0, 0.05) is 6.42 Å². The van der Waals surface area contributed by atoms with Gasteiger partial charge in [-0.1, -0.05) is 116 Å². The monoisotopic (exact) mass is 564 g/mol. The molecule has 2 heterocycles. The fraction of sp³-hybridized carbons (Fsp3) is 0.0488. The number of aromatic nitrogens is 2. The Labute approximate surface area is 255 Å². The van der Waals surface area contributed by atoms with Crippen molar-refractivity contribution < 1.29 is 4.74 Å². The van der Waals surface area contributed by atoms with Gasteiger partial charge in [-0.2, -0.15) is 0 Å². The van der Waals surface area contributed by atoms with Crippen LogP contribution in [0.25, 0.3) is 71.6 Å². The Morgan fingerprint density at radius 3 is 1.82 bits per heavy atom. The molecule has 0 spiro atoms. The van der Waals surface area contributed by atoms with E-state index in [4.69, 9.17) is 9.72 Å². The van der Waals surface area contributed by atoms with Gasteiger partial charge in [0.2, 0.25) is 0 Å². The Bertz CT molecular complexity index is 2340. The number of hydrogen-bond acceptors (Lipinski definition) is 2. The smallest absolute Gasteiger partial charge is 0.153 e. The average Bonchev–Trinajstić information content (AvgIpc) is 3.47. The Morgan fingerprint density at radius 1 is 0.523 bits per heavy atom. The SMILES string of the molecule is CCc1nc2cccc3c2n1-c1ccc(-c2cccc(-c4c5ccccc5c(-c5ccccc5)c5ccccc45)c2)cc1O3. The van der Waals surface area contributed by atoms with Crippen molar-refractivity contribution in [1.29, 1.82) is 0 Å². The maximum atomic E-state index is 6.49. The molecule has 1 aliphatic rings. The summed E-state index contributed by atoms with van der Waals surface area (Å²) in [6.07, 6.45) is 0.850. The van der Waals surface area contributed by atoms with Crippen LogP contribution < -0.4 is 4.74 Å². The van der Waals surface area contributed by atoms with Gasteiger partial charge in [0.1, 0.15) is 11.3 Å². The normalized spacial score (nSPS) is 12.0. The lowest BCUT2D eigenvalue weighted by Crippen LogP contribution is -2.07. The summed E-state index contributed by atoms with van der Waals surface area (Å²) >= 11 is 0. The molecule has 3 nitrogen and oxygen atoms in total. The molecule has 0 radical (unpaired) electrons. The second kappa shape index (κ2) is 9.68. The van der Waals surface area contributed by atoms with E-state index in [0.29, 0.717) is 0 Å². The second-order valence-electron chi connectivity index (χ2n) is 11.4. The summed E-state index contributed by atoms with van der Waals surface area (Å²) in [5, 5.41) is 5.03. The number of aryl methyl sites for hydroxylation is 1. The van der Waals surface area contributed by atoms with Crippen LogP contribution in [0.1, 0.15) is 12.7 Å². The first kappa shape index (κ1) is 24.9. The van der Waals surface area contributed by atoms with Crippen LogP contribution >= 0.6 is 0 Å². The van der Waals surface area contributed by atoms with Gasteiger partial charge in [-0.3, -0.25) is 4.57 Å². The van der Waals surface area contributed by atoms with E-state index in [1.165, 1.54) is 43.8 Å². The lowest BCUT2D eigenvalue weighted by molar-refractivity contribution is 0.474. The number of ether oxygens (including phenoxy) is 1. The van der Waals surface area contributed by atoms with Gasteiger partial charge in [-0.15, -0.1) is 0 Å². The third kappa shape index (κ3) is 3.66. The minimum Gasteiger partial charge on any atom is -0.453 e. The van der Waals surface area contributed by atoms with E-state index in [1.54, 1.807) is 0 Å². The van der Waals surface area contributed by atoms with Crippen molar-refractivity contribution in [3.05, 3.63) is 145 Å². The topological polar surface area (TPSA) is 27.1 Å². The lowest BCUT2D eigenvalue weighted by Gasteiger charge is -2.22. The van der Waals surface area contributed by atoms with Crippen molar-refractivity contribution in [1.82, 2.24) is 9.55 Å². The van der Waals surface area contributed by atoms with E-state index < -0.39 is 0 Å². The highest BCUT2D eigenvalue weighted by molar-refractivity contribution is 6.21. The van der Waals surface area contributed by atoms with Gasteiger partial charge in [0.15, 0.2) is 11.5 Å². The Hall–Kier alpha value is -5.67. The van der Waals surface area contributed by atoms with Crippen LogP contribution in [0, 0.1) is 0 Å². The lowest BCUT2D eigenvalue weighted by atomic mass is 9.85. The average molecular weight is 565 g/mol.